The molecule has 0 fully saturated rings. The molecular formula is C15H10ClF2N5O. The van der Waals surface area contributed by atoms with E-state index in [1.807, 2.05) is 0 Å². The van der Waals surface area contributed by atoms with Crippen LogP contribution in [0.25, 0.3) is 5.69 Å². The zero-order chi connectivity index (χ0) is 17.1. The zero-order valence-electron chi connectivity index (χ0n) is 12.1. The molecule has 0 atom stereocenters. The molecule has 1 amide bonds. The van der Waals surface area contributed by atoms with Crippen molar-refractivity contribution in [1.82, 2.24) is 25.5 Å². The highest BCUT2D eigenvalue weighted by atomic mass is 35.5. The SMILES string of the molecule is O=C(NCc1nnnn1-c1ccc(F)c(F)c1)c1ccccc1Cl. The number of hydrogen-bond donors (Lipinski definition) is 1. The highest BCUT2D eigenvalue weighted by Gasteiger charge is 2.14. The Balaban J connectivity index is 1.78. The molecule has 0 aliphatic rings. The van der Waals surface area contributed by atoms with Crippen molar-refractivity contribution in [3.05, 3.63) is 70.5 Å². The summed E-state index contributed by atoms with van der Waals surface area (Å²) >= 11 is 5.96. The number of benzene rings is 2. The number of halogens is 3. The van der Waals surface area contributed by atoms with E-state index in [1.165, 1.54) is 10.7 Å². The van der Waals surface area contributed by atoms with Crippen LogP contribution in [0.15, 0.2) is 42.5 Å². The number of hydrogen-bond acceptors (Lipinski definition) is 4. The lowest BCUT2D eigenvalue weighted by molar-refractivity contribution is 0.0950. The average Bonchev–Trinajstić information content (AvgIpc) is 3.04. The Morgan fingerprint density at radius 2 is 1.96 bits per heavy atom. The number of carbonyl (C=O) groups excluding carboxylic acids is 1. The predicted octanol–water partition coefficient (Wildman–Crippen LogP) is 2.52. The maximum Gasteiger partial charge on any atom is 0.253 e. The van der Waals surface area contributed by atoms with Crippen molar-refractivity contribution in [2.75, 3.05) is 0 Å². The number of amides is 1. The van der Waals surface area contributed by atoms with E-state index in [1.54, 1.807) is 24.3 Å². The molecule has 1 aromatic heterocycles. The van der Waals surface area contributed by atoms with Crippen molar-refractivity contribution in [3.8, 4) is 5.69 Å². The van der Waals surface area contributed by atoms with Gasteiger partial charge < -0.3 is 5.32 Å². The maximum absolute atomic E-state index is 13.3. The first kappa shape index (κ1) is 16.0. The molecule has 3 rings (SSSR count). The lowest BCUT2D eigenvalue weighted by Gasteiger charge is -2.07. The number of tetrazole rings is 1. The molecule has 0 saturated heterocycles. The van der Waals surface area contributed by atoms with Gasteiger partial charge in [0.15, 0.2) is 17.5 Å². The zero-order valence-corrected chi connectivity index (χ0v) is 12.8. The topological polar surface area (TPSA) is 72.7 Å². The molecule has 0 spiro atoms. The van der Waals surface area contributed by atoms with Gasteiger partial charge in [-0.05, 0) is 34.7 Å². The Kier molecular flexibility index (Phi) is 4.48. The summed E-state index contributed by atoms with van der Waals surface area (Å²) in [4.78, 5) is 12.1. The maximum atomic E-state index is 13.3. The summed E-state index contributed by atoms with van der Waals surface area (Å²) in [7, 11) is 0. The number of nitrogens with one attached hydrogen (secondary N) is 1. The van der Waals surface area contributed by atoms with Crippen LogP contribution in [0.1, 0.15) is 16.2 Å². The number of aromatic nitrogens is 4. The summed E-state index contributed by atoms with van der Waals surface area (Å²) in [6.07, 6.45) is 0. The summed E-state index contributed by atoms with van der Waals surface area (Å²) in [5.74, 6) is -2.14. The van der Waals surface area contributed by atoms with E-state index in [0.717, 1.165) is 12.1 Å². The Labute approximate surface area is 140 Å². The van der Waals surface area contributed by atoms with Crippen LogP contribution >= 0.6 is 11.6 Å². The van der Waals surface area contributed by atoms with Gasteiger partial charge in [-0.25, -0.2) is 8.78 Å². The predicted molar refractivity (Wildman–Crippen MR) is 81.7 cm³/mol. The summed E-state index contributed by atoms with van der Waals surface area (Å²) < 4.78 is 27.6. The third-order valence-corrected chi connectivity index (χ3v) is 3.54. The molecule has 0 unspecified atom stereocenters. The van der Waals surface area contributed by atoms with Gasteiger partial charge in [0.1, 0.15) is 0 Å². The molecule has 0 aliphatic carbocycles. The third kappa shape index (κ3) is 3.23. The fraction of sp³-hybridized carbons (Fsp3) is 0.0667. The van der Waals surface area contributed by atoms with Gasteiger partial charge in [0, 0.05) is 6.07 Å². The molecule has 0 bridgehead atoms. The number of rotatable bonds is 4. The van der Waals surface area contributed by atoms with Gasteiger partial charge in [-0.15, -0.1) is 5.10 Å². The Hall–Kier alpha value is -2.87. The molecule has 1 N–H and O–H groups in total. The van der Waals surface area contributed by atoms with Crippen molar-refractivity contribution < 1.29 is 13.6 Å². The molecule has 0 aliphatic heterocycles. The highest BCUT2D eigenvalue weighted by molar-refractivity contribution is 6.33. The van der Waals surface area contributed by atoms with Crippen molar-refractivity contribution in [2.45, 2.75) is 6.54 Å². The van der Waals surface area contributed by atoms with E-state index < -0.39 is 17.5 Å². The fourth-order valence-corrected chi connectivity index (χ4v) is 2.25. The summed E-state index contributed by atoms with van der Waals surface area (Å²) in [5, 5.41) is 13.9. The van der Waals surface area contributed by atoms with Gasteiger partial charge in [-0.1, -0.05) is 23.7 Å². The largest absolute Gasteiger partial charge is 0.345 e. The van der Waals surface area contributed by atoms with Gasteiger partial charge >= 0.3 is 0 Å². The van der Waals surface area contributed by atoms with Crippen molar-refractivity contribution in [1.29, 1.82) is 0 Å². The molecule has 0 radical (unpaired) electrons. The monoisotopic (exact) mass is 349 g/mol. The lowest BCUT2D eigenvalue weighted by atomic mass is 10.2. The summed E-state index contributed by atoms with van der Waals surface area (Å²) in [5.41, 5.74) is 0.548. The van der Waals surface area contributed by atoms with Crippen molar-refractivity contribution in [2.24, 2.45) is 0 Å². The van der Waals surface area contributed by atoms with Crippen LogP contribution in [-0.2, 0) is 6.54 Å². The van der Waals surface area contributed by atoms with E-state index in [9.17, 15) is 13.6 Å². The number of nitrogens with zero attached hydrogens (tertiary/aromatic N) is 4. The van der Waals surface area contributed by atoms with Crippen LogP contribution < -0.4 is 5.32 Å². The van der Waals surface area contributed by atoms with Crippen molar-refractivity contribution in [3.63, 3.8) is 0 Å². The van der Waals surface area contributed by atoms with Crippen molar-refractivity contribution >= 4 is 17.5 Å². The van der Waals surface area contributed by atoms with E-state index >= 15 is 0 Å². The van der Waals surface area contributed by atoms with Crippen LogP contribution in [0, 0.1) is 11.6 Å². The molecule has 6 nitrogen and oxygen atoms in total. The standard InChI is InChI=1S/C15H10ClF2N5O/c16-11-4-2-1-3-10(11)15(24)19-8-14-20-21-22-23(14)9-5-6-12(17)13(18)7-9/h1-7H,8H2,(H,19,24). The van der Waals surface area contributed by atoms with Gasteiger partial charge in [0.25, 0.3) is 5.91 Å². The minimum absolute atomic E-state index is 0.0178. The van der Waals surface area contributed by atoms with E-state index in [-0.39, 0.29) is 18.1 Å². The van der Waals surface area contributed by atoms with Crippen LogP contribution in [-0.4, -0.2) is 26.1 Å². The first-order valence-corrected chi connectivity index (χ1v) is 7.19. The summed E-state index contributed by atoms with van der Waals surface area (Å²) in [6.45, 7) is -0.0178. The van der Waals surface area contributed by atoms with Crippen LogP contribution in [0.5, 0.6) is 0 Å². The molecule has 9 heteroatoms. The smallest absolute Gasteiger partial charge is 0.253 e. The Bertz CT molecular complexity index is 899. The normalized spacial score (nSPS) is 10.6. The molecule has 122 valence electrons. The van der Waals surface area contributed by atoms with Gasteiger partial charge in [0.05, 0.1) is 22.8 Å². The van der Waals surface area contributed by atoms with Gasteiger partial charge in [0.2, 0.25) is 0 Å². The number of carbonyl (C=O) groups is 1. The Morgan fingerprint density at radius 1 is 1.17 bits per heavy atom. The second kappa shape index (κ2) is 6.71. The van der Waals surface area contributed by atoms with Crippen LogP contribution in [0.3, 0.4) is 0 Å². The molecular weight excluding hydrogens is 340 g/mol. The summed E-state index contributed by atoms with van der Waals surface area (Å²) in [6, 6.07) is 9.84. The average molecular weight is 350 g/mol. The quantitative estimate of drug-likeness (QED) is 0.785. The van der Waals surface area contributed by atoms with Crippen LogP contribution in [0.2, 0.25) is 5.02 Å². The minimum atomic E-state index is -1.02. The molecule has 3 aromatic rings. The Morgan fingerprint density at radius 3 is 2.71 bits per heavy atom. The van der Waals surface area contributed by atoms with E-state index in [4.69, 9.17) is 11.6 Å². The van der Waals surface area contributed by atoms with E-state index in [0.29, 0.717) is 10.6 Å². The second-order valence-electron chi connectivity index (χ2n) is 4.77. The molecule has 2 aromatic carbocycles. The highest BCUT2D eigenvalue weighted by Crippen LogP contribution is 2.15. The first-order valence-electron chi connectivity index (χ1n) is 6.81. The minimum Gasteiger partial charge on any atom is -0.345 e. The van der Waals surface area contributed by atoms with Gasteiger partial charge in [-0.2, -0.15) is 4.68 Å². The van der Waals surface area contributed by atoms with E-state index in [2.05, 4.69) is 20.8 Å². The lowest BCUT2D eigenvalue weighted by Crippen LogP contribution is -2.25. The fourth-order valence-electron chi connectivity index (χ4n) is 2.03. The first-order chi connectivity index (χ1) is 11.6. The van der Waals surface area contributed by atoms with Gasteiger partial charge in [-0.3, -0.25) is 4.79 Å². The van der Waals surface area contributed by atoms with Crippen LogP contribution in [0.4, 0.5) is 8.78 Å². The molecule has 1 heterocycles. The second-order valence-corrected chi connectivity index (χ2v) is 5.18. The third-order valence-electron chi connectivity index (χ3n) is 3.21. The molecule has 0 saturated carbocycles. The molecule has 24 heavy (non-hydrogen) atoms.